The van der Waals surface area contributed by atoms with E-state index in [0.717, 1.165) is 6.54 Å². The van der Waals surface area contributed by atoms with E-state index < -0.39 is 6.36 Å². The predicted molar refractivity (Wildman–Crippen MR) is 109 cm³/mol. The molecule has 3 rings (SSSR count). The van der Waals surface area contributed by atoms with Gasteiger partial charge in [-0.05, 0) is 38.4 Å². The SMILES string of the molecule is CN(C)CCNc1nc(Nc2cccc(OC(F)(F)F)c2)cc(-c2ccccn2)n1. The number of hydrogen-bond acceptors (Lipinski definition) is 7. The van der Waals surface area contributed by atoms with Crippen LogP contribution in [0.4, 0.5) is 30.6 Å². The summed E-state index contributed by atoms with van der Waals surface area (Å²) in [6.07, 6.45) is -3.11. The van der Waals surface area contributed by atoms with Gasteiger partial charge in [0.1, 0.15) is 11.6 Å². The van der Waals surface area contributed by atoms with Crippen LogP contribution >= 0.6 is 0 Å². The third-order valence-electron chi connectivity index (χ3n) is 3.84. The summed E-state index contributed by atoms with van der Waals surface area (Å²) in [5.41, 5.74) is 1.61. The average molecular weight is 418 g/mol. The molecular formula is C20H21F3N6O. The van der Waals surface area contributed by atoms with Gasteiger partial charge in [-0.3, -0.25) is 4.98 Å². The highest BCUT2D eigenvalue weighted by atomic mass is 19.4. The molecule has 2 N–H and O–H groups in total. The lowest BCUT2D eigenvalue weighted by Gasteiger charge is -2.14. The Morgan fingerprint density at radius 3 is 2.53 bits per heavy atom. The predicted octanol–water partition coefficient (Wildman–Crippen LogP) is 4.15. The second-order valence-corrected chi connectivity index (χ2v) is 6.61. The largest absolute Gasteiger partial charge is 0.573 e. The number of rotatable bonds is 8. The molecule has 30 heavy (non-hydrogen) atoms. The van der Waals surface area contributed by atoms with Crippen LogP contribution in [-0.2, 0) is 0 Å². The van der Waals surface area contributed by atoms with Gasteiger partial charge in [0.2, 0.25) is 5.95 Å². The van der Waals surface area contributed by atoms with Crippen molar-refractivity contribution in [1.29, 1.82) is 0 Å². The Balaban J connectivity index is 1.86. The average Bonchev–Trinajstić information content (AvgIpc) is 2.67. The Morgan fingerprint density at radius 2 is 1.83 bits per heavy atom. The number of likely N-dealkylation sites (N-methyl/N-ethyl adjacent to an activating group) is 1. The van der Waals surface area contributed by atoms with Crippen molar-refractivity contribution < 1.29 is 17.9 Å². The molecule has 158 valence electrons. The van der Waals surface area contributed by atoms with Crippen molar-refractivity contribution in [2.75, 3.05) is 37.8 Å². The second kappa shape index (κ2) is 9.40. The van der Waals surface area contributed by atoms with Gasteiger partial charge < -0.3 is 20.3 Å². The molecule has 2 heterocycles. The van der Waals surface area contributed by atoms with Crippen LogP contribution < -0.4 is 15.4 Å². The number of nitrogens with one attached hydrogen (secondary N) is 2. The highest BCUT2D eigenvalue weighted by molar-refractivity contribution is 5.65. The van der Waals surface area contributed by atoms with Gasteiger partial charge in [0.25, 0.3) is 0 Å². The Kier molecular flexibility index (Phi) is 6.68. The van der Waals surface area contributed by atoms with Gasteiger partial charge in [-0.15, -0.1) is 13.2 Å². The first-order chi connectivity index (χ1) is 14.3. The topological polar surface area (TPSA) is 75.2 Å². The third-order valence-corrected chi connectivity index (χ3v) is 3.84. The molecule has 0 aliphatic rings. The maximum Gasteiger partial charge on any atom is 0.573 e. The summed E-state index contributed by atoms with van der Waals surface area (Å²) in [5, 5.41) is 6.15. The molecule has 0 aliphatic carbocycles. The monoisotopic (exact) mass is 418 g/mol. The second-order valence-electron chi connectivity index (χ2n) is 6.61. The van der Waals surface area contributed by atoms with Crippen molar-refractivity contribution in [3.05, 3.63) is 54.7 Å². The Hall–Kier alpha value is -3.40. The zero-order valence-corrected chi connectivity index (χ0v) is 16.4. The number of alkyl halides is 3. The van der Waals surface area contributed by atoms with Gasteiger partial charge in [-0.25, -0.2) is 4.98 Å². The van der Waals surface area contributed by atoms with E-state index >= 15 is 0 Å². The number of benzene rings is 1. The van der Waals surface area contributed by atoms with Gasteiger partial charge in [-0.2, -0.15) is 4.98 Å². The number of hydrogen-bond donors (Lipinski definition) is 2. The highest BCUT2D eigenvalue weighted by Gasteiger charge is 2.31. The minimum atomic E-state index is -4.76. The van der Waals surface area contributed by atoms with E-state index in [2.05, 4.69) is 30.3 Å². The Labute approximate surface area is 171 Å². The lowest BCUT2D eigenvalue weighted by molar-refractivity contribution is -0.274. The normalized spacial score (nSPS) is 11.4. The molecule has 7 nitrogen and oxygen atoms in total. The van der Waals surface area contributed by atoms with Crippen molar-refractivity contribution in [2.45, 2.75) is 6.36 Å². The van der Waals surface area contributed by atoms with E-state index in [9.17, 15) is 13.2 Å². The molecule has 0 amide bonds. The minimum Gasteiger partial charge on any atom is -0.406 e. The summed E-state index contributed by atoms with van der Waals surface area (Å²) in [5.74, 6) is 0.461. The summed E-state index contributed by atoms with van der Waals surface area (Å²) in [6.45, 7) is 1.39. The van der Waals surface area contributed by atoms with E-state index in [4.69, 9.17) is 0 Å². The molecule has 2 aromatic heterocycles. The molecule has 0 spiro atoms. The molecular weight excluding hydrogens is 397 g/mol. The summed E-state index contributed by atoms with van der Waals surface area (Å²) in [6, 6.07) is 12.7. The standard InChI is InChI=1S/C20H21F3N6O/c1-29(2)11-10-25-19-27-17(16-8-3-4-9-24-16)13-18(28-19)26-14-6-5-7-15(12-14)30-20(21,22)23/h3-9,12-13H,10-11H2,1-2H3,(H2,25,26,27,28). The van der Waals surface area contributed by atoms with Crippen molar-refractivity contribution in [3.8, 4) is 17.1 Å². The van der Waals surface area contributed by atoms with Crippen LogP contribution in [-0.4, -0.2) is 53.4 Å². The van der Waals surface area contributed by atoms with Crippen molar-refractivity contribution in [2.24, 2.45) is 0 Å². The molecule has 0 bridgehead atoms. The number of nitrogens with zero attached hydrogens (tertiary/aromatic N) is 4. The number of anilines is 3. The summed E-state index contributed by atoms with van der Waals surface area (Å²) < 4.78 is 41.4. The number of halogens is 3. The van der Waals surface area contributed by atoms with Crippen molar-refractivity contribution in [3.63, 3.8) is 0 Å². The van der Waals surface area contributed by atoms with E-state index in [1.165, 1.54) is 18.2 Å². The van der Waals surface area contributed by atoms with Crippen LogP contribution in [0.1, 0.15) is 0 Å². The Morgan fingerprint density at radius 1 is 1.00 bits per heavy atom. The van der Waals surface area contributed by atoms with Crippen LogP contribution in [0, 0.1) is 0 Å². The molecule has 0 atom stereocenters. The van der Waals surface area contributed by atoms with Crippen molar-refractivity contribution >= 4 is 17.5 Å². The molecule has 0 unspecified atom stereocenters. The zero-order chi connectivity index (χ0) is 21.6. The van der Waals surface area contributed by atoms with E-state index in [1.807, 2.05) is 31.1 Å². The quantitative estimate of drug-likeness (QED) is 0.569. The van der Waals surface area contributed by atoms with Crippen LogP contribution in [0.3, 0.4) is 0 Å². The van der Waals surface area contributed by atoms with E-state index in [-0.39, 0.29) is 5.75 Å². The molecule has 0 fully saturated rings. The Bertz CT molecular complexity index is 966. The molecule has 0 saturated heterocycles. The first-order valence-corrected chi connectivity index (χ1v) is 9.10. The van der Waals surface area contributed by atoms with Gasteiger partial charge in [0.05, 0.1) is 11.4 Å². The third kappa shape index (κ3) is 6.59. The number of aromatic nitrogens is 3. The van der Waals surface area contributed by atoms with Crippen LogP contribution in [0.5, 0.6) is 5.75 Å². The fourth-order valence-corrected chi connectivity index (χ4v) is 2.55. The molecule has 0 saturated carbocycles. The van der Waals surface area contributed by atoms with Crippen molar-refractivity contribution in [1.82, 2.24) is 19.9 Å². The summed E-state index contributed by atoms with van der Waals surface area (Å²) in [4.78, 5) is 15.2. The van der Waals surface area contributed by atoms with Gasteiger partial charge >= 0.3 is 6.36 Å². The van der Waals surface area contributed by atoms with Gasteiger partial charge in [-0.1, -0.05) is 12.1 Å². The fourth-order valence-electron chi connectivity index (χ4n) is 2.55. The minimum absolute atomic E-state index is 0.323. The smallest absolute Gasteiger partial charge is 0.406 e. The van der Waals surface area contributed by atoms with E-state index in [0.29, 0.717) is 35.4 Å². The van der Waals surface area contributed by atoms with E-state index in [1.54, 1.807) is 24.4 Å². The first-order valence-electron chi connectivity index (χ1n) is 9.10. The maximum atomic E-state index is 12.5. The summed E-state index contributed by atoms with van der Waals surface area (Å²) >= 11 is 0. The van der Waals surface area contributed by atoms with Crippen LogP contribution in [0.2, 0.25) is 0 Å². The molecule has 10 heteroatoms. The summed E-state index contributed by atoms with van der Waals surface area (Å²) in [7, 11) is 3.91. The van der Waals surface area contributed by atoms with Gasteiger partial charge in [0.15, 0.2) is 0 Å². The molecule has 0 aliphatic heterocycles. The zero-order valence-electron chi connectivity index (χ0n) is 16.4. The highest BCUT2D eigenvalue weighted by Crippen LogP contribution is 2.27. The maximum absolute atomic E-state index is 12.5. The lowest BCUT2D eigenvalue weighted by Crippen LogP contribution is -2.21. The molecule has 0 radical (unpaired) electrons. The van der Waals surface area contributed by atoms with Crippen LogP contribution in [0.15, 0.2) is 54.7 Å². The number of pyridine rings is 1. The molecule has 1 aromatic carbocycles. The van der Waals surface area contributed by atoms with Crippen LogP contribution in [0.25, 0.3) is 11.4 Å². The first kappa shape index (κ1) is 21.3. The van der Waals surface area contributed by atoms with Gasteiger partial charge in [0, 0.05) is 37.1 Å². The fraction of sp³-hybridized carbons (Fsp3) is 0.250. The molecule has 3 aromatic rings. The lowest BCUT2D eigenvalue weighted by atomic mass is 10.2. The number of ether oxygens (including phenoxy) is 1.